The smallest absolute Gasteiger partial charge is 0.0667 e. The van der Waals surface area contributed by atoms with Crippen LogP contribution in [0.25, 0.3) is 10.9 Å². The Kier molecular flexibility index (Phi) is 2.67. The number of fused-ring (bicyclic) bond motifs is 1. The second-order valence-electron chi connectivity index (χ2n) is 4.79. The normalized spacial score (nSPS) is 10.8. The fraction of sp³-hybridized carbons (Fsp3) is 0.125. The Morgan fingerprint density at radius 3 is 2.42 bits per heavy atom. The molecule has 3 nitrogen and oxygen atoms in total. The molecule has 0 atom stereocenters. The third kappa shape index (κ3) is 1.93. The van der Waals surface area contributed by atoms with Crippen LogP contribution in [0, 0.1) is 0 Å². The highest BCUT2D eigenvalue weighted by molar-refractivity contribution is 5.95. The second kappa shape index (κ2) is 4.35. The highest BCUT2D eigenvalue weighted by atomic mass is 15.1. The topological polar surface area (TPSA) is 34.2 Å². The molecule has 1 aromatic heterocycles. The summed E-state index contributed by atoms with van der Waals surface area (Å²) in [7, 11) is 4.15. The predicted molar refractivity (Wildman–Crippen MR) is 81.8 cm³/mol. The van der Waals surface area contributed by atoms with E-state index in [1.807, 2.05) is 24.3 Å². The van der Waals surface area contributed by atoms with Crippen molar-refractivity contribution in [1.82, 2.24) is 4.57 Å². The van der Waals surface area contributed by atoms with Crippen molar-refractivity contribution >= 4 is 28.0 Å². The molecule has 0 amide bonds. The van der Waals surface area contributed by atoms with Gasteiger partial charge < -0.3 is 15.2 Å². The lowest BCUT2D eigenvalue weighted by molar-refractivity contribution is 0.965. The molecule has 0 spiro atoms. The van der Waals surface area contributed by atoms with Gasteiger partial charge in [-0.05, 0) is 30.3 Å². The van der Waals surface area contributed by atoms with E-state index in [4.69, 9.17) is 5.73 Å². The zero-order chi connectivity index (χ0) is 13.4. The van der Waals surface area contributed by atoms with E-state index < -0.39 is 0 Å². The van der Waals surface area contributed by atoms with Crippen LogP contribution < -0.4 is 10.6 Å². The Labute approximate surface area is 112 Å². The summed E-state index contributed by atoms with van der Waals surface area (Å²) < 4.78 is 2.15. The summed E-state index contributed by atoms with van der Waals surface area (Å²) in [5.74, 6) is 0. The number of aryl methyl sites for hydroxylation is 1. The van der Waals surface area contributed by atoms with Crippen LogP contribution in [-0.2, 0) is 7.05 Å². The number of anilines is 3. The number of hydrogen-bond acceptors (Lipinski definition) is 2. The lowest BCUT2D eigenvalue weighted by Gasteiger charge is -2.18. The van der Waals surface area contributed by atoms with Gasteiger partial charge in [-0.15, -0.1) is 0 Å². The highest BCUT2D eigenvalue weighted by Crippen LogP contribution is 2.32. The zero-order valence-corrected chi connectivity index (χ0v) is 11.2. The predicted octanol–water partition coefficient (Wildman–Crippen LogP) is 3.53. The van der Waals surface area contributed by atoms with Gasteiger partial charge in [0.05, 0.1) is 5.69 Å². The van der Waals surface area contributed by atoms with E-state index in [0.717, 1.165) is 11.4 Å². The molecule has 0 radical (unpaired) electrons. The summed E-state index contributed by atoms with van der Waals surface area (Å²) in [6.07, 6.45) is 2.15. The number of benzene rings is 2. The second-order valence-corrected chi connectivity index (χ2v) is 4.79. The van der Waals surface area contributed by atoms with E-state index in [9.17, 15) is 0 Å². The summed E-state index contributed by atoms with van der Waals surface area (Å²) >= 11 is 0. The van der Waals surface area contributed by atoms with E-state index in [1.165, 1.54) is 16.6 Å². The SMILES string of the molecule is CN(c1ccc(N)cc1)c1cn(C)c2ccccc12. The molecule has 0 saturated carbocycles. The fourth-order valence-electron chi connectivity index (χ4n) is 2.42. The molecule has 0 bridgehead atoms. The van der Waals surface area contributed by atoms with Crippen molar-refractivity contribution in [2.45, 2.75) is 0 Å². The number of nitrogens with two attached hydrogens (primary N) is 1. The van der Waals surface area contributed by atoms with Gasteiger partial charge in [-0.2, -0.15) is 0 Å². The Morgan fingerprint density at radius 2 is 1.68 bits per heavy atom. The first-order valence-corrected chi connectivity index (χ1v) is 6.30. The molecule has 1 heterocycles. The molecule has 0 aliphatic carbocycles. The van der Waals surface area contributed by atoms with E-state index in [1.54, 1.807) is 0 Å². The molecule has 0 aliphatic rings. The molecule has 3 aromatic rings. The molecule has 19 heavy (non-hydrogen) atoms. The fourth-order valence-corrected chi connectivity index (χ4v) is 2.42. The Morgan fingerprint density at radius 1 is 1.00 bits per heavy atom. The minimum Gasteiger partial charge on any atom is -0.399 e. The van der Waals surface area contributed by atoms with Gasteiger partial charge >= 0.3 is 0 Å². The summed E-state index contributed by atoms with van der Waals surface area (Å²) in [6, 6.07) is 16.4. The van der Waals surface area contributed by atoms with Crippen LogP contribution in [0.4, 0.5) is 17.1 Å². The number of nitrogens with zero attached hydrogens (tertiary/aromatic N) is 2. The molecule has 2 aromatic carbocycles. The van der Waals surface area contributed by atoms with Crippen molar-refractivity contribution in [3.8, 4) is 0 Å². The zero-order valence-electron chi connectivity index (χ0n) is 11.2. The van der Waals surface area contributed by atoms with Crippen LogP contribution in [-0.4, -0.2) is 11.6 Å². The summed E-state index contributed by atoms with van der Waals surface area (Å²) in [6.45, 7) is 0. The number of aromatic nitrogens is 1. The number of hydrogen-bond donors (Lipinski definition) is 1. The maximum absolute atomic E-state index is 5.74. The van der Waals surface area contributed by atoms with Crippen molar-refractivity contribution in [2.24, 2.45) is 7.05 Å². The Balaban J connectivity index is 2.11. The third-order valence-electron chi connectivity index (χ3n) is 3.52. The van der Waals surface area contributed by atoms with Gasteiger partial charge in [0, 0.05) is 42.6 Å². The molecule has 0 unspecified atom stereocenters. The molecule has 0 fully saturated rings. The Hall–Kier alpha value is -2.42. The van der Waals surface area contributed by atoms with Crippen molar-refractivity contribution in [1.29, 1.82) is 0 Å². The average molecular weight is 251 g/mol. The maximum Gasteiger partial charge on any atom is 0.0667 e. The van der Waals surface area contributed by atoms with Gasteiger partial charge in [-0.1, -0.05) is 18.2 Å². The van der Waals surface area contributed by atoms with Gasteiger partial charge in [-0.25, -0.2) is 0 Å². The van der Waals surface area contributed by atoms with Crippen LogP contribution in [0.3, 0.4) is 0 Å². The van der Waals surface area contributed by atoms with Crippen LogP contribution in [0.15, 0.2) is 54.7 Å². The summed E-state index contributed by atoms with van der Waals surface area (Å²) in [5.41, 5.74) is 10.1. The highest BCUT2D eigenvalue weighted by Gasteiger charge is 2.11. The lowest BCUT2D eigenvalue weighted by atomic mass is 10.2. The largest absolute Gasteiger partial charge is 0.399 e. The van der Waals surface area contributed by atoms with Crippen LogP contribution >= 0.6 is 0 Å². The standard InChI is InChI=1S/C16H17N3/c1-18-11-16(14-5-3-4-6-15(14)18)19(2)13-9-7-12(17)8-10-13/h3-11H,17H2,1-2H3. The monoisotopic (exact) mass is 251 g/mol. The van der Waals surface area contributed by atoms with Crippen molar-refractivity contribution in [2.75, 3.05) is 17.7 Å². The summed E-state index contributed by atoms with van der Waals surface area (Å²) in [5, 5.41) is 1.25. The first-order chi connectivity index (χ1) is 9.16. The minimum absolute atomic E-state index is 0.787. The van der Waals surface area contributed by atoms with Gasteiger partial charge in [0.1, 0.15) is 0 Å². The molecule has 3 rings (SSSR count). The molecule has 3 heteroatoms. The maximum atomic E-state index is 5.74. The van der Waals surface area contributed by atoms with Crippen LogP contribution in [0.5, 0.6) is 0 Å². The molecule has 96 valence electrons. The number of nitrogen functional groups attached to an aromatic ring is 1. The van der Waals surface area contributed by atoms with Gasteiger partial charge in [0.15, 0.2) is 0 Å². The van der Waals surface area contributed by atoms with E-state index in [0.29, 0.717) is 0 Å². The van der Waals surface area contributed by atoms with E-state index in [2.05, 4.69) is 54.0 Å². The van der Waals surface area contributed by atoms with Crippen molar-refractivity contribution in [3.05, 3.63) is 54.7 Å². The van der Waals surface area contributed by atoms with Crippen molar-refractivity contribution < 1.29 is 0 Å². The average Bonchev–Trinajstić information content (AvgIpc) is 2.77. The van der Waals surface area contributed by atoms with Gasteiger partial charge in [-0.3, -0.25) is 0 Å². The summed E-state index contributed by atoms with van der Waals surface area (Å²) in [4.78, 5) is 2.18. The van der Waals surface area contributed by atoms with E-state index in [-0.39, 0.29) is 0 Å². The van der Waals surface area contributed by atoms with Crippen LogP contribution in [0.2, 0.25) is 0 Å². The molecule has 0 aliphatic heterocycles. The quantitative estimate of drug-likeness (QED) is 0.707. The lowest BCUT2D eigenvalue weighted by Crippen LogP contribution is -2.08. The van der Waals surface area contributed by atoms with Crippen LogP contribution in [0.1, 0.15) is 0 Å². The molecule has 0 saturated heterocycles. The Bertz CT molecular complexity index is 710. The first-order valence-electron chi connectivity index (χ1n) is 6.30. The molecular weight excluding hydrogens is 234 g/mol. The van der Waals surface area contributed by atoms with Crippen molar-refractivity contribution in [3.63, 3.8) is 0 Å². The number of para-hydroxylation sites is 1. The molecular formula is C16H17N3. The van der Waals surface area contributed by atoms with Gasteiger partial charge in [0.2, 0.25) is 0 Å². The molecule has 2 N–H and O–H groups in total. The third-order valence-corrected chi connectivity index (χ3v) is 3.52. The van der Waals surface area contributed by atoms with Gasteiger partial charge in [0.25, 0.3) is 0 Å². The minimum atomic E-state index is 0.787. The van der Waals surface area contributed by atoms with E-state index >= 15 is 0 Å². The first kappa shape index (κ1) is 11.7. The number of rotatable bonds is 2.